The maximum Gasteiger partial charge on any atom is 0.181 e. The normalized spacial score (nSPS) is 13.4. The van der Waals surface area contributed by atoms with Crippen LogP contribution in [0, 0.1) is 0 Å². The lowest BCUT2D eigenvalue weighted by Gasteiger charge is -2.26. The predicted octanol–water partition coefficient (Wildman–Crippen LogP) is 10.3. The molecule has 48 heavy (non-hydrogen) atoms. The molecule has 0 spiro atoms. The fourth-order valence-electron chi connectivity index (χ4n) is 6.92. The summed E-state index contributed by atoms with van der Waals surface area (Å²) in [5.74, 6) is 4.18. The van der Waals surface area contributed by atoms with Gasteiger partial charge in [-0.05, 0) is 64.2 Å². The Kier molecular flexibility index (Phi) is 6.21. The van der Waals surface area contributed by atoms with Crippen molar-refractivity contribution in [1.82, 2.24) is 15.0 Å². The minimum atomic E-state index is -0.169. The van der Waals surface area contributed by atoms with E-state index in [1.165, 1.54) is 11.1 Å². The Morgan fingerprint density at radius 1 is 0.479 bits per heavy atom. The van der Waals surface area contributed by atoms with Crippen molar-refractivity contribution in [2.45, 2.75) is 19.3 Å². The molecule has 230 valence electrons. The monoisotopic (exact) mass is 622 g/mol. The van der Waals surface area contributed by atoms with Gasteiger partial charge in [0.2, 0.25) is 0 Å². The van der Waals surface area contributed by atoms with Crippen molar-refractivity contribution < 1.29 is 9.47 Å². The van der Waals surface area contributed by atoms with Crippen LogP contribution in [0.15, 0.2) is 133 Å². The predicted molar refractivity (Wildman–Crippen MR) is 190 cm³/mol. The van der Waals surface area contributed by atoms with E-state index in [4.69, 9.17) is 30.2 Å². The molecule has 0 bridgehead atoms. The number of nitrogen functional groups attached to an aromatic ring is 1. The number of fused-ring (bicyclic) bond motifs is 6. The molecule has 6 aromatic carbocycles. The van der Waals surface area contributed by atoms with Crippen LogP contribution in [0.2, 0.25) is 0 Å². The number of para-hydroxylation sites is 1. The van der Waals surface area contributed by atoms with Crippen molar-refractivity contribution in [3.05, 3.63) is 145 Å². The van der Waals surface area contributed by atoms with Gasteiger partial charge in [-0.3, -0.25) is 0 Å². The second kappa shape index (κ2) is 10.6. The van der Waals surface area contributed by atoms with Crippen LogP contribution in [0.5, 0.6) is 23.0 Å². The molecule has 0 atom stereocenters. The van der Waals surface area contributed by atoms with Crippen molar-refractivity contribution in [2.75, 3.05) is 5.73 Å². The molecule has 2 heterocycles. The van der Waals surface area contributed by atoms with Crippen molar-refractivity contribution in [2.24, 2.45) is 0 Å². The third kappa shape index (κ3) is 4.45. The highest BCUT2D eigenvalue weighted by atomic mass is 16.6. The van der Waals surface area contributed by atoms with E-state index in [2.05, 4.69) is 56.3 Å². The molecule has 7 aromatic rings. The summed E-state index contributed by atoms with van der Waals surface area (Å²) < 4.78 is 13.4. The summed E-state index contributed by atoms with van der Waals surface area (Å²) in [7, 11) is 0. The Hall–Kier alpha value is -6.27. The van der Waals surface area contributed by atoms with Crippen molar-refractivity contribution >= 4 is 5.69 Å². The van der Waals surface area contributed by atoms with Crippen LogP contribution in [0.3, 0.4) is 0 Å². The van der Waals surface area contributed by atoms with Gasteiger partial charge in [0.15, 0.2) is 40.5 Å². The van der Waals surface area contributed by atoms with E-state index in [1.54, 1.807) is 0 Å². The van der Waals surface area contributed by atoms with Gasteiger partial charge in [-0.2, -0.15) is 0 Å². The van der Waals surface area contributed by atoms with E-state index < -0.39 is 0 Å². The molecule has 0 radical (unpaired) electrons. The Morgan fingerprint density at radius 2 is 1.10 bits per heavy atom. The standard InChI is InChI=1S/C42H30N4O2/c1-42(2)32-19-7-6-17-30(32)36-33(42)21-22-35-38(36)48-37-31(18-10-20-34(37)47-35)41-45-39(25-11-4-3-5-12-25)44-40(46-41)28-15-8-13-26(23-28)27-14-9-16-29(43)24-27/h3-24H,43H2,1-2H3. The minimum absolute atomic E-state index is 0.169. The average Bonchev–Trinajstić information content (AvgIpc) is 3.37. The van der Waals surface area contributed by atoms with Crippen LogP contribution >= 0.6 is 0 Å². The Labute approximate surface area is 278 Å². The molecule has 0 unspecified atom stereocenters. The summed E-state index contributed by atoms with van der Waals surface area (Å²) in [6.45, 7) is 4.51. The lowest BCUT2D eigenvalue weighted by Crippen LogP contribution is -2.15. The molecule has 1 aliphatic heterocycles. The smallest absolute Gasteiger partial charge is 0.181 e. The first kappa shape index (κ1) is 28.0. The van der Waals surface area contributed by atoms with Gasteiger partial charge in [-0.1, -0.05) is 111 Å². The van der Waals surface area contributed by atoms with E-state index in [-0.39, 0.29) is 5.41 Å². The van der Waals surface area contributed by atoms with Gasteiger partial charge >= 0.3 is 0 Å². The third-order valence-electron chi connectivity index (χ3n) is 9.32. The highest BCUT2D eigenvalue weighted by molar-refractivity contribution is 5.89. The zero-order valence-electron chi connectivity index (χ0n) is 26.4. The van der Waals surface area contributed by atoms with Crippen LogP contribution < -0.4 is 15.2 Å². The Bertz CT molecular complexity index is 2400. The number of nitrogens with two attached hydrogens (primary N) is 1. The molecule has 1 aromatic heterocycles. The average molecular weight is 623 g/mol. The quantitative estimate of drug-likeness (QED) is 0.197. The molecular formula is C42H30N4O2. The number of rotatable bonds is 4. The zero-order chi connectivity index (χ0) is 32.4. The molecule has 6 heteroatoms. The van der Waals surface area contributed by atoms with Crippen LogP contribution in [0.4, 0.5) is 5.69 Å². The van der Waals surface area contributed by atoms with Crippen LogP contribution in [-0.2, 0) is 5.41 Å². The maximum atomic E-state index is 6.90. The number of hydrogen-bond acceptors (Lipinski definition) is 6. The Balaban J connectivity index is 1.21. The first-order valence-electron chi connectivity index (χ1n) is 16.0. The van der Waals surface area contributed by atoms with E-state index >= 15 is 0 Å². The van der Waals surface area contributed by atoms with E-state index in [9.17, 15) is 0 Å². The van der Waals surface area contributed by atoms with Gasteiger partial charge in [-0.15, -0.1) is 0 Å². The highest BCUT2D eigenvalue weighted by Gasteiger charge is 2.40. The number of ether oxygens (including phenoxy) is 2. The highest BCUT2D eigenvalue weighted by Crippen LogP contribution is 2.59. The van der Waals surface area contributed by atoms with Crippen LogP contribution in [-0.4, -0.2) is 15.0 Å². The topological polar surface area (TPSA) is 83.2 Å². The second-order valence-electron chi connectivity index (χ2n) is 12.7. The fraction of sp³-hybridized carbons (Fsp3) is 0.0714. The summed E-state index contributed by atoms with van der Waals surface area (Å²) in [6, 6.07) is 44.5. The lowest BCUT2D eigenvalue weighted by molar-refractivity contribution is 0.361. The van der Waals surface area contributed by atoms with E-state index in [0.717, 1.165) is 33.4 Å². The van der Waals surface area contributed by atoms with E-state index in [0.29, 0.717) is 51.7 Å². The summed E-state index contributed by atoms with van der Waals surface area (Å²) in [5.41, 5.74) is 15.9. The first-order valence-corrected chi connectivity index (χ1v) is 16.0. The Morgan fingerprint density at radius 3 is 1.94 bits per heavy atom. The second-order valence-corrected chi connectivity index (χ2v) is 12.7. The molecule has 0 saturated heterocycles. The molecule has 1 aliphatic carbocycles. The lowest BCUT2D eigenvalue weighted by atomic mass is 9.82. The van der Waals surface area contributed by atoms with Crippen LogP contribution in [0.1, 0.15) is 25.0 Å². The molecule has 9 rings (SSSR count). The first-order chi connectivity index (χ1) is 23.4. The van der Waals surface area contributed by atoms with Gasteiger partial charge in [0.25, 0.3) is 0 Å². The summed E-state index contributed by atoms with van der Waals surface area (Å²) in [6.07, 6.45) is 0. The van der Waals surface area contributed by atoms with Crippen LogP contribution in [0.25, 0.3) is 56.4 Å². The van der Waals surface area contributed by atoms with Crippen molar-refractivity contribution in [3.8, 4) is 79.4 Å². The molecule has 2 aliphatic rings. The van der Waals surface area contributed by atoms with Gasteiger partial charge < -0.3 is 15.2 Å². The molecule has 0 amide bonds. The largest absolute Gasteiger partial charge is 0.449 e. The SMILES string of the molecule is CC1(C)c2ccccc2-c2c1ccc1c2Oc2c(cccc2-c2nc(-c3ccccc3)nc(-c3cccc(-c4cccc(N)c4)c3)n2)O1. The van der Waals surface area contributed by atoms with Crippen molar-refractivity contribution in [3.63, 3.8) is 0 Å². The molecular weight excluding hydrogens is 592 g/mol. The molecule has 0 fully saturated rings. The summed E-state index contributed by atoms with van der Waals surface area (Å²) >= 11 is 0. The summed E-state index contributed by atoms with van der Waals surface area (Å²) in [5, 5.41) is 0. The zero-order valence-corrected chi connectivity index (χ0v) is 26.4. The van der Waals surface area contributed by atoms with Gasteiger partial charge in [-0.25, -0.2) is 15.0 Å². The summed E-state index contributed by atoms with van der Waals surface area (Å²) in [4.78, 5) is 15.0. The van der Waals surface area contributed by atoms with Gasteiger partial charge in [0.1, 0.15) is 0 Å². The third-order valence-corrected chi connectivity index (χ3v) is 9.32. The molecule has 0 saturated carbocycles. The number of benzene rings is 6. The number of aromatic nitrogens is 3. The van der Waals surface area contributed by atoms with Gasteiger partial charge in [0, 0.05) is 27.8 Å². The number of hydrogen-bond donors (Lipinski definition) is 1. The number of anilines is 1. The number of nitrogens with zero attached hydrogens (tertiary/aromatic N) is 3. The fourth-order valence-corrected chi connectivity index (χ4v) is 6.92. The van der Waals surface area contributed by atoms with Crippen molar-refractivity contribution in [1.29, 1.82) is 0 Å². The maximum absolute atomic E-state index is 6.90. The van der Waals surface area contributed by atoms with Gasteiger partial charge in [0.05, 0.1) is 5.56 Å². The minimum Gasteiger partial charge on any atom is -0.449 e. The van der Waals surface area contributed by atoms with E-state index in [1.807, 2.05) is 91.0 Å². The molecule has 6 nitrogen and oxygen atoms in total. The molecule has 2 N–H and O–H groups in total.